The van der Waals surface area contributed by atoms with Crippen molar-refractivity contribution in [3.05, 3.63) is 71.0 Å². The molecule has 1 aliphatic rings. The molecule has 2 aromatic carbocycles. The molecule has 0 radical (unpaired) electrons. The molecule has 0 aliphatic heterocycles. The van der Waals surface area contributed by atoms with Crippen LogP contribution in [0.1, 0.15) is 60.7 Å². The molecule has 1 fully saturated rings. The average molecular weight is 435 g/mol. The fraction of sp³-hybridized carbons (Fsp3) is 0.400. The highest BCUT2D eigenvalue weighted by Gasteiger charge is 2.23. The van der Waals surface area contributed by atoms with E-state index in [1.54, 1.807) is 0 Å². The first kappa shape index (κ1) is 21.6. The molecule has 5 nitrogen and oxygen atoms in total. The van der Waals surface area contributed by atoms with Gasteiger partial charge >= 0.3 is 0 Å². The molecule has 1 N–H and O–H groups in total. The highest BCUT2D eigenvalue weighted by Crippen LogP contribution is 2.33. The fourth-order valence-corrected chi connectivity index (χ4v) is 5.02. The van der Waals surface area contributed by atoms with Crippen molar-refractivity contribution in [1.82, 2.24) is 14.8 Å². The van der Waals surface area contributed by atoms with E-state index in [1.807, 2.05) is 32.0 Å². The van der Waals surface area contributed by atoms with Gasteiger partial charge in [-0.2, -0.15) is 0 Å². The van der Waals surface area contributed by atoms with Crippen LogP contribution in [-0.4, -0.2) is 26.4 Å². The summed E-state index contributed by atoms with van der Waals surface area (Å²) in [6, 6.07) is 16.9. The second-order valence-electron chi connectivity index (χ2n) is 8.38. The van der Waals surface area contributed by atoms with E-state index >= 15 is 0 Å². The number of hydrogen-bond acceptors (Lipinski definition) is 4. The molecule has 1 aliphatic carbocycles. The summed E-state index contributed by atoms with van der Waals surface area (Å²) in [5.74, 6) is 1.31. The van der Waals surface area contributed by atoms with E-state index < -0.39 is 0 Å². The van der Waals surface area contributed by atoms with Gasteiger partial charge in [-0.25, -0.2) is 0 Å². The van der Waals surface area contributed by atoms with Crippen LogP contribution in [0.3, 0.4) is 0 Å². The molecule has 4 rings (SSSR count). The van der Waals surface area contributed by atoms with Gasteiger partial charge < -0.3 is 9.88 Å². The van der Waals surface area contributed by atoms with Crippen molar-refractivity contribution < 1.29 is 4.79 Å². The number of benzene rings is 2. The van der Waals surface area contributed by atoms with Gasteiger partial charge in [0.05, 0.1) is 5.75 Å². The van der Waals surface area contributed by atoms with E-state index in [0.717, 1.165) is 47.1 Å². The van der Waals surface area contributed by atoms with Crippen LogP contribution < -0.4 is 5.32 Å². The van der Waals surface area contributed by atoms with Gasteiger partial charge in [0.1, 0.15) is 5.82 Å². The summed E-state index contributed by atoms with van der Waals surface area (Å²) in [4.78, 5) is 12.6. The Kier molecular flexibility index (Phi) is 7.07. The van der Waals surface area contributed by atoms with E-state index in [0.29, 0.717) is 11.8 Å². The number of thioether (sulfide) groups is 1. The Balaban J connectivity index is 1.49. The summed E-state index contributed by atoms with van der Waals surface area (Å²) >= 11 is 1.49. The zero-order valence-corrected chi connectivity index (χ0v) is 19.1. The Morgan fingerprint density at radius 1 is 1.06 bits per heavy atom. The second-order valence-corrected chi connectivity index (χ2v) is 9.32. The highest BCUT2D eigenvalue weighted by molar-refractivity contribution is 7.99. The lowest BCUT2D eigenvalue weighted by Crippen LogP contribution is -2.18. The normalized spacial score (nSPS) is 14.5. The summed E-state index contributed by atoms with van der Waals surface area (Å²) in [5, 5.41) is 12.9. The molecule has 0 atom stereocenters. The molecule has 0 spiro atoms. The lowest BCUT2D eigenvalue weighted by atomic mass is 9.95. The third kappa shape index (κ3) is 5.56. The number of carbonyl (C=O) groups excluding carboxylic acids is 1. The maximum Gasteiger partial charge on any atom is 0.234 e. The van der Waals surface area contributed by atoms with Crippen LogP contribution in [0.4, 0.5) is 5.69 Å². The lowest BCUT2D eigenvalue weighted by molar-refractivity contribution is -0.113. The molecule has 3 aromatic rings. The molecule has 0 unspecified atom stereocenters. The van der Waals surface area contributed by atoms with E-state index in [2.05, 4.69) is 50.4 Å². The van der Waals surface area contributed by atoms with Gasteiger partial charge in [-0.1, -0.05) is 73.5 Å². The first-order chi connectivity index (χ1) is 15.1. The second kappa shape index (κ2) is 10.1. The third-order valence-electron chi connectivity index (χ3n) is 5.88. The van der Waals surface area contributed by atoms with Crippen molar-refractivity contribution in [2.75, 3.05) is 11.1 Å². The smallest absolute Gasteiger partial charge is 0.234 e. The summed E-state index contributed by atoms with van der Waals surface area (Å²) in [6.07, 6.45) is 6.85. The minimum atomic E-state index is -0.0125. The maximum atomic E-state index is 12.6. The number of amides is 1. The van der Waals surface area contributed by atoms with Crippen LogP contribution in [0.25, 0.3) is 0 Å². The zero-order chi connectivity index (χ0) is 21.6. The Morgan fingerprint density at radius 3 is 2.61 bits per heavy atom. The summed E-state index contributed by atoms with van der Waals surface area (Å²) in [7, 11) is 0. The molecule has 162 valence electrons. The van der Waals surface area contributed by atoms with Crippen LogP contribution in [0, 0.1) is 13.8 Å². The minimum absolute atomic E-state index is 0.0125. The van der Waals surface area contributed by atoms with Crippen LogP contribution in [0.2, 0.25) is 0 Å². The molecule has 1 amide bonds. The Morgan fingerprint density at radius 2 is 1.84 bits per heavy atom. The van der Waals surface area contributed by atoms with Crippen molar-refractivity contribution in [1.29, 1.82) is 0 Å². The van der Waals surface area contributed by atoms with Crippen LogP contribution >= 0.6 is 11.8 Å². The van der Waals surface area contributed by atoms with Crippen LogP contribution in [0.15, 0.2) is 53.7 Å². The van der Waals surface area contributed by atoms with Gasteiger partial charge in [-0.15, -0.1) is 10.2 Å². The largest absolute Gasteiger partial charge is 0.325 e. The number of anilines is 1. The number of carbonyl (C=O) groups is 1. The Hall–Kier alpha value is -2.60. The number of aromatic nitrogens is 3. The van der Waals surface area contributed by atoms with Gasteiger partial charge in [0.25, 0.3) is 0 Å². The number of hydrogen-bond donors (Lipinski definition) is 1. The summed E-state index contributed by atoms with van der Waals surface area (Å²) in [5.41, 5.74) is 4.32. The number of aryl methyl sites for hydroxylation is 2. The molecule has 0 saturated heterocycles. The Bertz CT molecular complexity index is 1030. The third-order valence-corrected chi connectivity index (χ3v) is 6.82. The van der Waals surface area contributed by atoms with Crippen molar-refractivity contribution in [3.8, 4) is 0 Å². The summed E-state index contributed by atoms with van der Waals surface area (Å²) in [6.45, 7) is 4.04. The molecule has 1 saturated carbocycles. The fourth-order valence-electron chi connectivity index (χ4n) is 4.20. The quantitative estimate of drug-likeness (QED) is 0.483. The molecular weight excluding hydrogens is 404 g/mol. The lowest BCUT2D eigenvalue weighted by Gasteiger charge is -2.25. The maximum absolute atomic E-state index is 12.6. The predicted molar refractivity (Wildman–Crippen MR) is 127 cm³/mol. The standard InChI is InChI=1S/C25H30N4OS/c1-18-13-14-19(2)22(15-18)26-24(30)17-31-25-28-27-23(16-20-9-5-3-6-10-20)29(25)21-11-7-4-8-12-21/h3,5-6,9-10,13-15,21H,4,7-8,11-12,16-17H2,1-2H3,(H,26,30). The molecule has 1 aromatic heterocycles. The number of nitrogens with one attached hydrogen (secondary N) is 1. The Labute approximate surface area is 188 Å². The van der Waals surface area contributed by atoms with Crippen molar-refractivity contribution in [3.63, 3.8) is 0 Å². The number of rotatable bonds is 7. The van der Waals surface area contributed by atoms with Gasteiger partial charge in [-0.05, 0) is 49.4 Å². The summed E-state index contributed by atoms with van der Waals surface area (Å²) < 4.78 is 2.31. The SMILES string of the molecule is Cc1ccc(C)c(NC(=O)CSc2nnc(Cc3ccccc3)n2C2CCCCC2)c1. The van der Waals surface area contributed by atoms with Gasteiger partial charge in [0.15, 0.2) is 5.16 Å². The van der Waals surface area contributed by atoms with Crippen molar-refractivity contribution in [2.45, 2.75) is 63.6 Å². The molecular formula is C25H30N4OS. The van der Waals surface area contributed by atoms with Gasteiger partial charge in [0.2, 0.25) is 5.91 Å². The molecule has 31 heavy (non-hydrogen) atoms. The number of nitrogens with zero attached hydrogens (tertiary/aromatic N) is 3. The topological polar surface area (TPSA) is 59.8 Å². The van der Waals surface area contributed by atoms with E-state index in [9.17, 15) is 4.79 Å². The molecule has 1 heterocycles. The first-order valence-corrected chi connectivity index (χ1v) is 12.1. The van der Waals surface area contributed by atoms with E-state index in [1.165, 1.54) is 36.6 Å². The zero-order valence-electron chi connectivity index (χ0n) is 18.3. The van der Waals surface area contributed by atoms with Crippen LogP contribution in [-0.2, 0) is 11.2 Å². The van der Waals surface area contributed by atoms with Gasteiger partial charge in [0, 0.05) is 18.2 Å². The molecule has 0 bridgehead atoms. The predicted octanol–water partition coefficient (Wildman–Crippen LogP) is 5.72. The average Bonchev–Trinajstić information content (AvgIpc) is 3.18. The van der Waals surface area contributed by atoms with E-state index in [-0.39, 0.29) is 5.91 Å². The minimum Gasteiger partial charge on any atom is -0.325 e. The monoisotopic (exact) mass is 434 g/mol. The first-order valence-electron chi connectivity index (χ1n) is 11.1. The van der Waals surface area contributed by atoms with E-state index in [4.69, 9.17) is 0 Å². The van der Waals surface area contributed by atoms with Gasteiger partial charge in [-0.3, -0.25) is 4.79 Å². The highest BCUT2D eigenvalue weighted by atomic mass is 32.2. The van der Waals surface area contributed by atoms with Crippen molar-refractivity contribution >= 4 is 23.4 Å². The van der Waals surface area contributed by atoms with Crippen LogP contribution in [0.5, 0.6) is 0 Å². The molecule has 6 heteroatoms. The van der Waals surface area contributed by atoms with Crippen molar-refractivity contribution in [2.24, 2.45) is 0 Å².